The van der Waals surface area contributed by atoms with Gasteiger partial charge in [-0.15, -0.1) is 11.6 Å². The highest BCUT2D eigenvalue weighted by molar-refractivity contribution is 6.29. The summed E-state index contributed by atoms with van der Waals surface area (Å²) in [5.41, 5.74) is 1.91. The fourth-order valence-corrected chi connectivity index (χ4v) is 2.39. The lowest BCUT2D eigenvalue weighted by Gasteiger charge is -2.35. The third-order valence-corrected chi connectivity index (χ3v) is 3.67. The Morgan fingerprint density at radius 1 is 1.20 bits per heavy atom. The molecule has 0 unspecified atom stereocenters. The summed E-state index contributed by atoms with van der Waals surface area (Å²) >= 11 is 5.45. The average Bonchev–Trinajstić information content (AvgIpc) is 2.49. The number of halogens is 1. The van der Waals surface area contributed by atoms with E-state index < -0.39 is 0 Å². The van der Waals surface area contributed by atoms with Crippen LogP contribution in [0.4, 0.5) is 11.4 Å². The molecule has 0 aromatic heterocycles. The minimum Gasteiger partial charge on any atom is -0.395 e. The van der Waals surface area contributed by atoms with Crippen molar-refractivity contribution in [2.75, 3.05) is 55.4 Å². The van der Waals surface area contributed by atoms with Crippen molar-refractivity contribution in [1.82, 2.24) is 4.90 Å². The van der Waals surface area contributed by atoms with E-state index >= 15 is 0 Å². The summed E-state index contributed by atoms with van der Waals surface area (Å²) in [7, 11) is 0. The van der Waals surface area contributed by atoms with Crippen molar-refractivity contribution in [3.8, 4) is 0 Å². The van der Waals surface area contributed by atoms with Crippen molar-refractivity contribution in [2.24, 2.45) is 0 Å². The van der Waals surface area contributed by atoms with Gasteiger partial charge in [0, 0.05) is 44.1 Å². The number of benzene rings is 1. The third kappa shape index (κ3) is 4.10. The molecule has 1 aliphatic heterocycles. The second-order valence-corrected chi connectivity index (χ2v) is 5.05. The second kappa shape index (κ2) is 7.47. The van der Waals surface area contributed by atoms with Crippen LogP contribution in [0.5, 0.6) is 0 Å². The van der Waals surface area contributed by atoms with Gasteiger partial charge in [0.2, 0.25) is 5.91 Å². The largest absolute Gasteiger partial charge is 0.395 e. The number of anilines is 2. The first kappa shape index (κ1) is 15.1. The zero-order valence-corrected chi connectivity index (χ0v) is 12.1. The summed E-state index contributed by atoms with van der Waals surface area (Å²) in [4.78, 5) is 15.7. The zero-order chi connectivity index (χ0) is 14.4. The van der Waals surface area contributed by atoms with Gasteiger partial charge in [0.25, 0.3) is 0 Å². The monoisotopic (exact) mass is 297 g/mol. The zero-order valence-electron chi connectivity index (χ0n) is 11.4. The van der Waals surface area contributed by atoms with Gasteiger partial charge in [0.15, 0.2) is 0 Å². The van der Waals surface area contributed by atoms with Crippen LogP contribution >= 0.6 is 11.6 Å². The van der Waals surface area contributed by atoms with Gasteiger partial charge in [-0.1, -0.05) is 0 Å². The molecular formula is C14H20ClN3O2. The fourth-order valence-electron chi connectivity index (χ4n) is 2.32. The highest BCUT2D eigenvalue weighted by atomic mass is 35.5. The van der Waals surface area contributed by atoms with Crippen LogP contribution in [0, 0.1) is 0 Å². The molecule has 0 spiro atoms. The maximum atomic E-state index is 11.2. The first-order valence-electron chi connectivity index (χ1n) is 6.77. The number of nitrogens with one attached hydrogen (secondary N) is 1. The van der Waals surface area contributed by atoms with E-state index in [0.717, 1.165) is 44.1 Å². The standard InChI is InChI=1S/C14H20ClN3O2/c15-11-14(20)16-12-1-3-13(4-2-12)18-7-5-17(6-8-18)9-10-19/h1-4,19H,5-11H2,(H,16,20). The lowest BCUT2D eigenvalue weighted by atomic mass is 10.2. The number of aliphatic hydroxyl groups is 1. The molecule has 1 aliphatic rings. The van der Waals surface area contributed by atoms with E-state index in [1.54, 1.807) is 0 Å². The van der Waals surface area contributed by atoms with Crippen molar-refractivity contribution in [3.05, 3.63) is 24.3 Å². The number of carbonyl (C=O) groups is 1. The van der Waals surface area contributed by atoms with Crippen LogP contribution in [-0.2, 0) is 4.79 Å². The molecule has 0 saturated carbocycles. The van der Waals surface area contributed by atoms with Gasteiger partial charge < -0.3 is 15.3 Å². The van der Waals surface area contributed by atoms with Gasteiger partial charge in [-0.3, -0.25) is 9.69 Å². The first-order valence-corrected chi connectivity index (χ1v) is 7.30. The first-order chi connectivity index (χ1) is 9.72. The molecule has 1 aromatic rings. The third-order valence-electron chi connectivity index (χ3n) is 3.43. The smallest absolute Gasteiger partial charge is 0.239 e. The van der Waals surface area contributed by atoms with Gasteiger partial charge in [-0.25, -0.2) is 0 Å². The Morgan fingerprint density at radius 3 is 2.40 bits per heavy atom. The Kier molecular flexibility index (Phi) is 5.64. The number of β-amino-alcohol motifs (C(OH)–C–C–N with tert-alkyl or cyclic N) is 1. The highest BCUT2D eigenvalue weighted by Crippen LogP contribution is 2.19. The summed E-state index contributed by atoms with van der Waals surface area (Å²) in [6, 6.07) is 7.79. The number of aliphatic hydroxyl groups excluding tert-OH is 1. The van der Waals surface area contributed by atoms with E-state index in [0.29, 0.717) is 0 Å². The van der Waals surface area contributed by atoms with E-state index in [9.17, 15) is 4.79 Å². The molecule has 0 radical (unpaired) electrons. The molecule has 2 rings (SSSR count). The second-order valence-electron chi connectivity index (χ2n) is 4.78. The van der Waals surface area contributed by atoms with Crippen LogP contribution in [0.3, 0.4) is 0 Å². The number of nitrogens with zero attached hydrogens (tertiary/aromatic N) is 2. The number of hydrogen-bond acceptors (Lipinski definition) is 4. The molecule has 1 saturated heterocycles. The molecule has 110 valence electrons. The van der Waals surface area contributed by atoms with E-state index in [1.165, 1.54) is 0 Å². The predicted octanol–water partition coefficient (Wildman–Crippen LogP) is 0.978. The Hall–Kier alpha value is -1.30. The average molecular weight is 298 g/mol. The molecule has 1 fully saturated rings. The van der Waals surface area contributed by atoms with Crippen molar-refractivity contribution >= 4 is 28.9 Å². The molecule has 6 heteroatoms. The maximum absolute atomic E-state index is 11.2. The Labute approximate surface area is 124 Å². The lowest BCUT2D eigenvalue weighted by molar-refractivity contribution is -0.113. The number of hydrogen-bond donors (Lipinski definition) is 2. The fraction of sp³-hybridized carbons (Fsp3) is 0.500. The molecule has 1 aromatic carbocycles. The molecular weight excluding hydrogens is 278 g/mol. The van der Waals surface area contributed by atoms with Gasteiger partial charge in [0.1, 0.15) is 5.88 Å². The normalized spacial score (nSPS) is 16.2. The highest BCUT2D eigenvalue weighted by Gasteiger charge is 2.16. The van der Waals surface area contributed by atoms with Crippen LogP contribution in [-0.4, -0.2) is 61.1 Å². The Balaban J connectivity index is 1.89. The number of amides is 1. The van der Waals surface area contributed by atoms with Gasteiger partial charge in [-0.05, 0) is 24.3 Å². The van der Waals surface area contributed by atoms with Crippen LogP contribution in [0.2, 0.25) is 0 Å². The number of carbonyl (C=O) groups excluding carboxylic acids is 1. The molecule has 1 heterocycles. The number of rotatable bonds is 5. The van der Waals surface area contributed by atoms with Crippen LogP contribution in [0.1, 0.15) is 0 Å². The molecule has 1 amide bonds. The van der Waals surface area contributed by atoms with Gasteiger partial charge >= 0.3 is 0 Å². The molecule has 5 nitrogen and oxygen atoms in total. The molecule has 20 heavy (non-hydrogen) atoms. The Morgan fingerprint density at radius 2 is 1.85 bits per heavy atom. The van der Waals surface area contributed by atoms with Gasteiger partial charge in [0.05, 0.1) is 6.61 Å². The van der Waals surface area contributed by atoms with E-state index in [2.05, 4.69) is 15.1 Å². The minimum absolute atomic E-state index is 0.0332. The number of piperazine rings is 1. The van der Waals surface area contributed by atoms with Gasteiger partial charge in [-0.2, -0.15) is 0 Å². The summed E-state index contributed by atoms with van der Waals surface area (Å²) in [5, 5.41) is 11.6. The van der Waals surface area contributed by atoms with E-state index in [4.69, 9.17) is 16.7 Å². The lowest BCUT2D eigenvalue weighted by Crippen LogP contribution is -2.47. The predicted molar refractivity (Wildman–Crippen MR) is 81.5 cm³/mol. The minimum atomic E-state index is -0.197. The van der Waals surface area contributed by atoms with Crippen molar-refractivity contribution in [3.63, 3.8) is 0 Å². The Bertz CT molecular complexity index is 431. The molecule has 0 bridgehead atoms. The summed E-state index contributed by atoms with van der Waals surface area (Å²) in [5.74, 6) is -0.230. The van der Waals surface area contributed by atoms with Crippen molar-refractivity contribution in [2.45, 2.75) is 0 Å². The van der Waals surface area contributed by atoms with Crippen molar-refractivity contribution < 1.29 is 9.90 Å². The van der Waals surface area contributed by atoms with E-state index in [1.807, 2.05) is 24.3 Å². The van der Waals surface area contributed by atoms with E-state index in [-0.39, 0.29) is 18.4 Å². The van der Waals surface area contributed by atoms with Crippen LogP contribution in [0.25, 0.3) is 0 Å². The molecule has 2 N–H and O–H groups in total. The molecule has 0 atom stereocenters. The maximum Gasteiger partial charge on any atom is 0.239 e. The van der Waals surface area contributed by atoms with Crippen LogP contribution in [0.15, 0.2) is 24.3 Å². The van der Waals surface area contributed by atoms with Crippen molar-refractivity contribution in [1.29, 1.82) is 0 Å². The SMILES string of the molecule is O=C(CCl)Nc1ccc(N2CCN(CCO)CC2)cc1. The number of alkyl halides is 1. The summed E-state index contributed by atoms with van der Waals surface area (Å²) < 4.78 is 0. The summed E-state index contributed by atoms with van der Waals surface area (Å²) in [6.07, 6.45) is 0. The topological polar surface area (TPSA) is 55.8 Å². The quantitative estimate of drug-likeness (QED) is 0.796. The molecule has 0 aliphatic carbocycles. The van der Waals surface area contributed by atoms with Crippen LogP contribution < -0.4 is 10.2 Å². The summed E-state index contributed by atoms with van der Waals surface area (Å²) in [6.45, 7) is 4.80.